The largest absolute Gasteiger partial charge is 0.327 e. The summed E-state index contributed by atoms with van der Waals surface area (Å²) in [6.07, 6.45) is 10.0. The topological polar surface area (TPSA) is 40.6 Å². The molecule has 154 valence electrons. The zero-order chi connectivity index (χ0) is 20.5. The maximum atomic E-state index is 13.5. The minimum absolute atomic E-state index is 0.00669. The number of nitrogens with zero attached hydrogens (tertiary/aromatic N) is 2. The van der Waals surface area contributed by atoms with Crippen LogP contribution in [0.2, 0.25) is 0 Å². The molecule has 28 heavy (non-hydrogen) atoms. The van der Waals surface area contributed by atoms with Crippen LogP contribution < -0.4 is 0 Å². The van der Waals surface area contributed by atoms with Crippen LogP contribution in [-0.2, 0) is 4.79 Å². The van der Waals surface area contributed by atoms with E-state index in [1.807, 2.05) is 43.3 Å². The first-order chi connectivity index (χ1) is 13.5. The molecule has 1 heterocycles. The predicted octanol–water partition coefficient (Wildman–Crippen LogP) is 5.95. The molecule has 3 atom stereocenters. The van der Waals surface area contributed by atoms with Gasteiger partial charge in [0.1, 0.15) is 0 Å². The monoisotopic (exact) mass is 384 g/mol. The molecular weight excluding hydrogens is 348 g/mol. The number of carbonyl (C=O) groups is 2. The number of amides is 3. The van der Waals surface area contributed by atoms with E-state index < -0.39 is 0 Å². The van der Waals surface area contributed by atoms with E-state index in [1.54, 1.807) is 16.8 Å². The summed E-state index contributed by atoms with van der Waals surface area (Å²) in [5.74, 6) is -0.0650. The Morgan fingerprint density at radius 2 is 1.82 bits per heavy atom. The first-order valence-electron chi connectivity index (χ1n) is 10.8. The van der Waals surface area contributed by atoms with Crippen molar-refractivity contribution in [2.24, 2.45) is 5.92 Å². The van der Waals surface area contributed by atoms with E-state index >= 15 is 0 Å². The number of urea groups is 1. The third-order valence-corrected chi connectivity index (χ3v) is 5.95. The molecule has 0 N–H and O–H groups in total. The minimum atomic E-state index is -0.212. The molecular formula is C24H36N2O2. The van der Waals surface area contributed by atoms with Crippen molar-refractivity contribution in [1.82, 2.24) is 9.80 Å². The van der Waals surface area contributed by atoms with Gasteiger partial charge in [0.15, 0.2) is 0 Å². The van der Waals surface area contributed by atoms with E-state index in [4.69, 9.17) is 0 Å². The molecule has 0 unspecified atom stereocenters. The fraction of sp³-hybridized carbons (Fsp3) is 0.583. The van der Waals surface area contributed by atoms with E-state index in [2.05, 4.69) is 13.5 Å². The predicted molar refractivity (Wildman–Crippen MR) is 115 cm³/mol. The lowest BCUT2D eigenvalue weighted by Gasteiger charge is -2.28. The summed E-state index contributed by atoms with van der Waals surface area (Å²) in [7, 11) is 1.80. The molecule has 1 aliphatic heterocycles. The van der Waals surface area contributed by atoms with Crippen LogP contribution in [0, 0.1) is 5.92 Å². The number of carbonyl (C=O) groups excluding carboxylic acids is 2. The molecule has 0 spiro atoms. The van der Waals surface area contributed by atoms with E-state index in [0.717, 1.165) is 56.9 Å². The highest BCUT2D eigenvalue weighted by Crippen LogP contribution is 2.36. The molecule has 1 fully saturated rings. The second-order valence-electron chi connectivity index (χ2n) is 7.96. The second-order valence-corrected chi connectivity index (χ2v) is 7.96. The summed E-state index contributed by atoms with van der Waals surface area (Å²) in [6, 6.07) is 9.54. The van der Waals surface area contributed by atoms with Crippen LogP contribution in [0.25, 0.3) is 0 Å². The number of hydrogen-bond acceptors (Lipinski definition) is 2. The Bertz CT molecular complexity index is 643. The third-order valence-electron chi connectivity index (χ3n) is 5.95. The maximum Gasteiger partial charge on any atom is 0.327 e. The van der Waals surface area contributed by atoms with Gasteiger partial charge in [0, 0.05) is 13.0 Å². The molecule has 1 saturated heterocycles. The van der Waals surface area contributed by atoms with Crippen LogP contribution in [0.4, 0.5) is 4.79 Å². The van der Waals surface area contributed by atoms with E-state index in [-0.39, 0.29) is 29.9 Å². The van der Waals surface area contributed by atoms with Crippen molar-refractivity contribution in [3.8, 4) is 0 Å². The van der Waals surface area contributed by atoms with Crippen LogP contribution in [0.3, 0.4) is 0 Å². The Morgan fingerprint density at radius 1 is 1.14 bits per heavy atom. The number of imide groups is 1. The van der Waals surface area contributed by atoms with Gasteiger partial charge in [-0.3, -0.25) is 9.69 Å². The zero-order valence-electron chi connectivity index (χ0n) is 17.8. The van der Waals surface area contributed by atoms with Gasteiger partial charge in [0.25, 0.3) is 0 Å². The van der Waals surface area contributed by atoms with Crippen molar-refractivity contribution < 1.29 is 9.59 Å². The van der Waals surface area contributed by atoms with Crippen molar-refractivity contribution in [1.29, 1.82) is 0 Å². The lowest BCUT2D eigenvalue weighted by molar-refractivity contribution is -0.134. The molecule has 0 aliphatic carbocycles. The van der Waals surface area contributed by atoms with Gasteiger partial charge in [-0.25, -0.2) is 4.79 Å². The zero-order valence-corrected chi connectivity index (χ0v) is 17.8. The van der Waals surface area contributed by atoms with Gasteiger partial charge in [0.05, 0.1) is 12.1 Å². The van der Waals surface area contributed by atoms with E-state index in [1.165, 1.54) is 0 Å². The molecule has 0 bridgehead atoms. The normalized spacial score (nSPS) is 20.5. The number of likely N-dealkylation sites (N-methyl/N-ethyl adjacent to an activating group) is 1. The average molecular weight is 385 g/mol. The number of rotatable bonds is 11. The smallest absolute Gasteiger partial charge is 0.322 e. The fourth-order valence-corrected chi connectivity index (χ4v) is 4.09. The van der Waals surface area contributed by atoms with Crippen LogP contribution >= 0.6 is 0 Å². The van der Waals surface area contributed by atoms with E-state index in [0.29, 0.717) is 0 Å². The molecule has 1 aliphatic rings. The van der Waals surface area contributed by atoms with Gasteiger partial charge >= 0.3 is 6.03 Å². The highest BCUT2D eigenvalue weighted by atomic mass is 16.2. The molecule has 1 aromatic rings. The van der Waals surface area contributed by atoms with Crippen molar-refractivity contribution >= 4 is 11.9 Å². The van der Waals surface area contributed by atoms with Crippen molar-refractivity contribution in [3.05, 3.63) is 48.6 Å². The van der Waals surface area contributed by atoms with Gasteiger partial charge in [-0.05, 0) is 38.2 Å². The standard InChI is InChI=1S/C24H36N2O2/c1-5-7-9-10-12-18-21(15-8-6-2)23(27)26-22(19(3)25(4)24(26)28)20-16-13-11-14-17-20/h5,11,13-14,16-17,19,21-22H,1,6-10,12,15,18H2,2-4H3/t19-,21-,22-/m0/s1. The summed E-state index contributed by atoms with van der Waals surface area (Å²) in [5.41, 5.74) is 1.03. The summed E-state index contributed by atoms with van der Waals surface area (Å²) in [4.78, 5) is 29.7. The van der Waals surface area contributed by atoms with Gasteiger partial charge < -0.3 is 4.90 Å². The van der Waals surface area contributed by atoms with Gasteiger partial charge in [0.2, 0.25) is 5.91 Å². The molecule has 3 amide bonds. The summed E-state index contributed by atoms with van der Waals surface area (Å²) in [6.45, 7) is 7.95. The SMILES string of the molecule is C=CCCCCC[C@H](CCCC)C(=O)N1C(=O)N(C)[C@@H](C)[C@H]1c1ccccc1. The molecule has 0 radical (unpaired) electrons. The molecule has 1 aromatic carbocycles. The van der Waals surface area contributed by atoms with Crippen LogP contribution in [0.1, 0.15) is 76.8 Å². The Kier molecular flexibility index (Phi) is 8.75. The highest BCUT2D eigenvalue weighted by molar-refractivity contribution is 5.97. The van der Waals surface area contributed by atoms with Crippen molar-refractivity contribution in [3.63, 3.8) is 0 Å². The third kappa shape index (κ3) is 5.24. The first-order valence-corrected chi connectivity index (χ1v) is 10.8. The van der Waals surface area contributed by atoms with Crippen LogP contribution in [0.15, 0.2) is 43.0 Å². The van der Waals surface area contributed by atoms with Crippen molar-refractivity contribution in [2.75, 3.05) is 7.05 Å². The number of hydrogen-bond donors (Lipinski definition) is 0. The summed E-state index contributed by atoms with van der Waals surface area (Å²) < 4.78 is 0. The Labute approximate surface area is 170 Å². The van der Waals surface area contributed by atoms with E-state index in [9.17, 15) is 9.59 Å². The molecule has 4 heteroatoms. The summed E-state index contributed by atoms with van der Waals surface area (Å²) in [5, 5.41) is 0. The molecule has 4 nitrogen and oxygen atoms in total. The molecule has 2 rings (SSSR count). The quantitative estimate of drug-likeness (QED) is 0.349. The number of benzene rings is 1. The minimum Gasteiger partial charge on any atom is -0.322 e. The lowest BCUT2D eigenvalue weighted by Crippen LogP contribution is -2.40. The van der Waals surface area contributed by atoms with Crippen LogP contribution in [0.5, 0.6) is 0 Å². The Morgan fingerprint density at radius 3 is 2.46 bits per heavy atom. The maximum absolute atomic E-state index is 13.5. The Balaban J connectivity index is 2.18. The Hall–Kier alpha value is -2.10. The fourth-order valence-electron chi connectivity index (χ4n) is 4.09. The van der Waals surface area contributed by atoms with Gasteiger partial charge in [-0.1, -0.05) is 69.0 Å². The molecule has 0 aromatic heterocycles. The van der Waals surface area contributed by atoms with Gasteiger partial charge in [-0.2, -0.15) is 0 Å². The average Bonchev–Trinajstić information content (AvgIpc) is 2.94. The number of allylic oxidation sites excluding steroid dienone is 1. The first kappa shape index (κ1) is 22.2. The summed E-state index contributed by atoms with van der Waals surface area (Å²) >= 11 is 0. The molecule has 0 saturated carbocycles. The lowest BCUT2D eigenvalue weighted by atomic mass is 9.92. The highest BCUT2D eigenvalue weighted by Gasteiger charge is 2.46. The van der Waals surface area contributed by atoms with Crippen LogP contribution in [-0.4, -0.2) is 34.8 Å². The number of unbranched alkanes of at least 4 members (excludes halogenated alkanes) is 4. The van der Waals surface area contributed by atoms with Gasteiger partial charge in [-0.15, -0.1) is 6.58 Å². The second kappa shape index (κ2) is 11.0. The van der Waals surface area contributed by atoms with Crippen molar-refractivity contribution in [2.45, 2.75) is 77.3 Å².